The van der Waals surface area contributed by atoms with Crippen LogP contribution in [0.1, 0.15) is 47.1 Å². The second-order valence-electron chi connectivity index (χ2n) is 13.1. The van der Waals surface area contributed by atoms with Crippen LogP contribution in [-0.4, -0.2) is 19.8 Å². The quantitative estimate of drug-likeness (QED) is 0.181. The zero-order valence-electron chi connectivity index (χ0n) is 27.3. The standard InChI is InChI=1S/C40H44N2O2/c1-39(2,3)31-12-9-13-34(26-31)41(35-14-10-16-37(27-35)43-7)32-22-18-29(19-23-32)30-20-24-33(25-21-30)42(40(4,5)6)36-15-11-17-38(28-36)44-8/h9-28H,1-8H3. The summed E-state index contributed by atoms with van der Waals surface area (Å²) in [6.45, 7) is 13.4. The molecule has 0 unspecified atom stereocenters. The number of ether oxygens (including phenoxy) is 2. The van der Waals surface area contributed by atoms with Gasteiger partial charge < -0.3 is 19.3 Å². The summed E-state index contributed by atoms with van der Waals surface area (Å²) in [6.07, 6.45) is 0. The maximum absolute atomic E-state index is 5.58. The minimum atomic E-state index is -0.122. The van der Waals surface area contributed by atoms with Gasteiger partial charge in [-0.05, 0) is 104 Å². The largest absolute Gasteiger partial charge is 0.497 e. The molecule has 0 aliphatic carbocycles. The Hall–Kier alpha value is -4.70. The van der Waals surface area contributed by atoms with Crippen molar-refractivity contribution in [3.8, 4) is 22.6 Å². The van der Waals surface area contributed by atoms with Gasteiger partial charge in [0.1, 0.15) is 11.5 Å². The van der Waals surface area contributed by atoms with E-state index in [0.717, 1.165) is 45.5 Å². The lowest BCUT2D eigenvalue weighted by atomic mass is 9.87. The van der Waals surface area contributed by atoms with Crippen molar-refractivity contribution in [1.29, 1.82) is 0 Å². The van der Waals surface area contributed by atoms with Crippen LogP contribution in [0.2, 0.25) is 0 Å². The Morgan fingerprint density at radius 2 is 0.909 bits per heavy atom. The fourth-order valence-corrected chi connectivity index (χ4v) is 5.59. The van der Waals surface area contributed by atoms with Crippen LogP contribution in [-0.2, 0) is 5.41 Å². The van der Waals surface area contributed by atoms with Gasteiger partial charge in [-0.25, -0.2) is 0 Å². The van der Waals surface area contributed by atoms with Gasteiger partial charge in [0.15, 0.2) is 0 Å². The molecule has 0 aromatic heterocycles. The number of anilines is 5. The summed E-state index contributed by atoms with van der Waals surface area (Å²) in [6, 6.07) is 42.9. The number of hydrogen-bond donors (Lipinski definition) is 0. The van der Waals surface area contributed by atoms with Gasteiger partial charge in [-0.2, -0.15) is 0 Å². The smallest absolute Gasteiger partial charge is 0.120 e. The fourth-order valence-electron chi connectivity index (χ4n) is 5.59. The Kier molecular flexibility index (Phi) is 8.73. The highest BCUT2D eigenvalue weighted by molar-refractivity contribution is 5.79. The number of methoxy groups -OCH3 is 2. The van der Waals surface area contributed by atoms with Gasteiger partial charge in [0.05, 0.1) is 14.2 Å². The predicted molar refractivity (Wildman–Crippen MR) is 187 cm³/mol. The molecule has 5 rings (SSSR count). The van der Waals surface area contributed by atoms with Crippen molar-refractivity contribution in [2.24, 2.45) is 0 Å². The molecule has 0 radical (unpaired) electrons. The third kappa shape index (κ3) is 6.75. The maximum Gasteiger partial charge on any atom is 0.120 e. The molecular weight excluding hydrogens is 540 g/mol. The molecule has 0 heterocycles. The lowest BCUT2D eigenvalue weighted by molar-refractivity contribution is 0.414. The van der Waals surface area contributed by atoms with Crippen molar-refractivity contribution >= 4 is 28.4 Å². The van der Waals surface area contributed by atoms with Crippen molar-refractivity contribution in [1.82, 2.24) is 0 Å². The molecule has 0 bridgehead atoms. The van der Waals surface area contributed by atoms with Gasteiger partial charge in [0.2, 0.25) is 0 Å². The Morgan fingerprint density at radius 1 is 0.455 bits per heavy atom. The predicted octanol–water partition coefficient (Wildman–Crippen LogP) is 11.1. The molecule has 5 aromatic carbocycles. The van der Waals surface area contributed by atoms with Gasteiger partial charge >= 0.3 is 0 Å². The first-order valence-corrected chi connectivity index (χ1v) is 15.2. The second-order valence-corrected chi connectivity index (χ2v) is 13.1. The minimum Gasteiger partial charge on any atom is -0.497 e. The second kappa shape index (κ2) is 12.5. The van der Waals surface area contributed by atoms with E-state index in [-0.39, 0.29) is 11.0 Å². The normalized spacial score (nSPS) is 11.6. The summed E-state index contributed by atoms with van der Waals surface area (Å²) in [5, 5.41) is 0. The van der Waals surface area contributed by atoms with Crippen LogP contribution in [0.4, 0.5) is 28.4 Å². The molecule has 0 aliphatic heterocycles. The molecule has 0 aliphatic rings. The first kappa shape index (κ1) is 30.7. The van der Waals surface area contributed by atoms with Crippen molar-refractivity contribution in [2.45, 2.75) is 52.5 Å². The van der Waals surface area contributed by atoms with E-state index >= 15 is 0 Å². The molecule has 0 spiro atoms. The van der Waals surface area contributed by atoms with Gasteiger partial charge in [-0.3, -0.25) is 0 Å². The minimum absolute atomic E-state index is 0.0429. The van der Waals surface area contributed by atoms with E-state index in [1.165, 1.54) is 11.1 Å². The number of rotatable bonds is 8. The lowest BCUT2D eigenvalue weighted by Gasteiger charge is -2.38. The third-order valence-corrected chi connectivity index (χ3v) is 7.85. The van der Waals surface area contributed by atoms with Gasteiger partial charge in [0, 0.05) is 46.1 Å². The average Bonchev–Trinajstić information content (AvgIpc) is 3.01. The number of nitrogens with zero attached hydrogens (tertiary/aromatic N) is 2. The molecule has 4 heteroatoms. The fraction of sp³-hybridized carbons (Fsp3) is 0.250. The monoisotopic (exact) mass is 584 g/mol. The Balaban J connectivity index is 1.49. The summed E-state index contributed by atoms with van der Waals surface area (Å²) < 4.78 is 11.1. The zero-order chi connectivity index (χ0) is 31.5. The van der Waals surface area contributed by atoms with E-state index in [0.29, 0.717) is 0 Å². The molecule has 0 fully saturated rings. The van der Waals surface area contributed by atoms with E-state index in [2.05, 4.69) is 148 Å². The van der Waals surface area contributed by atoms with Crippen molar-refractivity contribution in [2.75, 3.05) is 24.0 Å². The van der Waals surface area contributed by atoms with Crippen LogP contribution in [0, 0.1) is 0 Å². The molecule has 0 amide bonds. The summed E-state index contributed by atoms with van der Waals surface area (Å²) in [7, 11) is 3.42. The Labute approximate surface area is 263 Å². The van der Waals surface area contributed by atoms with Crippen LogP contribution in [0.3, 0.4) is 0 Å². The number of hydrogen-bond acceptors (Lipinski definition) is 4. The van der Waals surface area contributed by atoms with E-state index < -0.39 is 0 Å². The van der Waals surface area contributed by atoms with Crippen molar-refractivity contribution in [3.05, 3.63) is 127 Å². The van der Waals surface area contributed by atoms with Gasteiger partial charge in [-0.15, -0.1) is 0 Å². The summed E-state index contributed by atoms with van der Waals surface area (Å²) in [5.74, 6) is 1.68. The first-order valence-electron chi connectivity index (χ1n) is 15.2. The summed E-state index contributed by atoms with van der Waals surface area (Å²) >= 11 is 0. The van der Waals surface area contributed by atoms with Crippen molar-refractivity contribution < 1.29 is 9.47 Å². The van der Waals surface area contributed by atoms with E-state index in [1.807, 2.05) is 24.3 Å². The SMILES string of the molecule is COc1cccc(N(c2ccc(-c3ccc(N(c4cccc(OC)c4)C(C)(C)C)cc3)cc2)c2cccc(C(C)(C)C)c2)c1. The number of benzene rings is 5. The van der Waals surface area contributed by atoms with E-state index in [9.17, 15) is 0 Å². The molecule has 0 atom stereocenters. The highest BCUT2D eigenvalue weighted by Gasteiger charge is 2.24. The highest BCUT2D eigenvalue weighted by Crippen LogP contribution is 2.40. The van der Waals surface area contributed by atoms with Gasteiger partial charge in [-0.1, -0.05) is 69.3 Å². The van der Waals surface area contributed by atoms with Crippen molar-refractivity contribution in [3.63, 3.8) is 0 Å². The lowest BCUT2D eigenvalue weighted by Crippen LogP contribution is -2.37. The zero-order valence-corrected chi connectivity index (χ0v) is 27.3. The maximum atomic E-state index is 5.58. The summed E-state index contributed by atoms with van der Waals surface area (Å²) in [4.78, 5) is 4.64. The van der Waals surface area contributed by atoms with Crippen LogP contribution in [0.15, 0.2) is 121 Å². The first-order chi connectivity index (χ1) is 21.0. The average molecular weight is 585 g/mol. The molecule has 0 N–H and O–H groups in total. The Bertz CT molecular complexity index is 1690. The molecule has 0 saturated heterocycles. The van der Waals surface area contributed by atoms with Crippen LogP contribution in [0.5, 0.6) is 11.5 Å². The Morgan fingerprint density at radius 3 is 1.41 bits per heavy atom. The van der Waals surface area contributed by atoms with Crippen LogP contribution >= 0.6 is 0 Å². The molecular formula is C40H44N2O2. The topological polar surface area (TPSA) is 24.9 Å². The highest BCUT2D eigenvalue weighted by atomic mass is 16.5. The molecule has 5 aromatic rings. The molecule has 4 nitrogen and oxygen atoms in total. The molecule has 226 valence electrons. The van der Waals surface area contributed by atoms with E-state index in [1.54, 1.807) is 14.2 Å². The summed E-state index contributed by atoms with van der Waals surface area (Å²) in [5.41, 5.74) is 9.02. The van der Waals surface area contributed by atoms with Crippen LogP contribution in [0.25, 0.3) is 11.1 Å². The molecule has 44 heavy (non-hydrogen) atoms. The van der Waals surface area contributed by atoms with E-state index in [4.69, 9.17) is 9.47 Å². The van der Waals surface area contributed by atoms with Crippen LogP contribution < -0.4 is 19.3 Å². The molecule has 0 saturated carbocycles. The van der Waals surface area contributed by atoms with Gasteiger partial charge in [0.25, 0.3) is 0 Å². The third-order valence-electron chi connectivity index (χ3n) is 7.85.